The summed E-state index contributed by atoms with van der Waals surface area (Å²) in [4.78, 5) is 39.8. The predicted molar refractivity (Wildman–Crippen MR) is 177 cm³/mol. The van der Waals surface area contributed by atoms with Gasteiger partial charge in [-0.25, -0.2) is 14.9 Å². The second kappa shape index (κ2) is 15.2. The van der Waals surface area contributed by atoms with Crippen LogP contribution in [0.15, 0.2) is 83.3 Å². The van der Waals surface area contributed by atoms with Gasteiger partial charge >= 0.3 is 6.09 Å². The lowest BCUT2D eigenvalue weighted by Crippen LogP contribution is -2.58. The largest absolute Gasteiger partial charge is 0.453 e. The minimum Gasteiger partial charge on any atom is -0.453 e. The maximum atomic E-state index is 14.0. The Hall–Kier alpha value is -3.77. The van der Waals surface area contributed by atoms with Gasteiger partial charge in [0.15, 0.2) is 5.60 Å². The Morgan fingerprint density at radius 1 is 0.978 bits per heavy atom. The van der Waals surface area contributed by atoms with Gasteiger partial charge in [0.2, 0.25) is 0 Å². The first kappa shape index (κ1) is 35.1. The molecule has 2 unspecified atom stereocenters. The number of nitrogens with zero attached hydrogens (tertiary/aromatic N) is 2. The molecule has 0 heterocycles. The zero-order valence-corrected chi connectivity index (χ0v) is 28.3. The molecule has 10 nitrogen and oxygen atoms in total. The molecule has 0 aliphatic heterocycles. The van der Waals surface area contributed by atoms with E-state index in [-0.39, 0.29) is 25.9 Å². The number of rotatable bonds is 12. The maximum Gasteiger partial charge on any atom is 0.407 e. The molecule has 46 heavy (non-hydrogen) atoms. The molecule has 3 aromatic carbocycles. The number of halogens is 1. The monoisotopic (exact) mass is 694 g/mol. The van der Waals surface area contributed by atoms with Crippen LogP contribution in [-0.2, 0) is 33.7 Å². The van der Waals surface area contributed by atoms with Crippen LogP contribution in [-0.4, -0.2) is 63.6 Å². The van der Waals surface area contributed by atoms with Crippen molar-refractivity contribution in [1.82, 2.24) is 20.8 Å². The van der Waals surface area contributed by atoms with Gasteiger partial charge in [-0.2, -0.15) is 0 Å². The summed E-state index contributed by atoms with van der Waals surface area (Å²) in [5, 5.41) is 28.3. The average molecular weight is 696 g/mol. The third kappa shape index (κ3) is 8.94. The quantitative estimate of drug-likeness (QED) is 0.149. The van der Waals surface area contributed by atoms with Gasteiger partial charge in [0.05, 0.1) is 13.2 Å². The predicted octanol–water partition coefficient (Wildman–Crippen LogP) is 5.32. The second-order valence-electron chi connectivity index (χ2n) is 12.8. The molecule has 0 spiro atoms. The van der Waals surface area contributed by atoms with Crippen LogP contribution < -0.4 is 10.7 Å². The van der Waals surface area contributed by atoms with Crippen molar-refractivity contribution in [3.05, 3.63) is 106 Å². The van der Waals surface area contributed by atoms with E-state index in [1.807, 2.05) is 99.6 Å². The number of carbonyl (C=O) groups is 3. The van der Waals surface area contributed by atoms with E-state index >= 15 is 0 Å². The highest BCUT2D eigenvalue weighted by Crippen LogP contribution is 2.36. The van der Waals surface area contributed by atoms with Gasteiger partial charge in [-0.3, -0.25) is 20.2 Å². The summed E-state index contributed by atoms with van der Waals surface area (Å²) in [5.74, 6) is -1.30. The molecular weight excluding hydrogens is 652 g/mol. The van der Waals surface area contributed by atoms with E-state index in [0.29, 0.717) is 17.9 Å². The number of carbonyl (C=O) groups excluding carboxylic acids is 3. The number of hydrogen-bond donors (Lipinski definition) is 4. The van der Waals surface area contributed by atoms with E-state index in [1.165, 1.54) is 7.11 Å². The van der Waals surface area contributed by atoms with Crippen molar-refractivity contribution >= 4 is 33.8 Å². The summed E-state index contributed by atoms with van der Waals surface area (Å²) in [6.07, 6.45) is 0.342. The highest BCUT2D eigenvalue weighted by Gasteiger charge is 2.43. The molecular formula is C35H43BrN4O6. The van der Waals surface area contributed by atoms with Crippen molar-refractivity contribution in [1.29, 1.82) is 0 Å². The minimum absolute atomic E-state index is 0.0427. The summed E-state index contributed by atoms with van der Waals surface area (Å²) < 4.78 is 5.64. The topological polar surface area (TPSA) is 131 Å². The molecule has 0 radical (unpaired) electrons. The number of fused-ring (bicyclic) bond motifs is 1. The van der Waals surface area contributed by atoms with E-state index < -0.39 is 41.0 Å². The normalized spacial score (nSPS) is 16.2. The van der Waals surface area contributed by atoms with Crippen LogP contribution in [0.4, 0.5) is 4.79 Å². The van der Waals surface area contributed by atoms with Gasteiger partial charge in [0, 0.05) is 30.4 Å². The van der Waals surface area contributed by atoms with Crippen LogP contribution in [0.3, 0.4) is 0 Å². The second-order valence-corrected chi connectivity index (χ2v) is 13.7. The first-order valence-corrected chi connectivity index (χ1v) is 16.1. The Labute approximate surface area is 278 Å². The molecule has 1 aliphatic carbocycles. The molecule has 0 aromatic heterocycles. The summed E-state index contributed by atoms with van der Waals surface area (Å²) in [6, 6.07) is 22.8. The third-order valence-electron chi connectivity index (χ3n) is 8.27. The van der Waals surface area contributed by atoms with Crippen molar-refractivity contribution in [2.45, 2.75) is 70.7 Å². The van der Waals surface area contributed by atoms with Gasteiger partial charge in [-0.1, -0.05) is 103 Å². The Kier molecular flexibility index (Phi) is 11.6. The molecule has 3 atom stereocenters. The molecule has 4 rings (SSSR count). The first-order chi connectivity index (χ1) is 21.8. The van der Waals surface area contributed by atoms with E-state index in [0.717, 1.165) is 26.7 Å². The van der Waals surface area contributed by atoms with Gasteiger partial charge < -0.3 is 15.2 Å². The Morgan fingerprint density at radius 2 is 1.63 bits per heavy atom. The van der Waals surface area contributed by atoms with Crippen LogP contribution in [0, 0.1) is 5.41 Å². The van der Waals surface area contributed by atoms with E-state index in [4.69, 9.17) is 4.74 Å². The fourth-order valence-corrected chi connectivity index (χ4v) is 5.99. The van der Waals surface area contributed by atoms with Crippen LogP contribution in [0.2, 0.25) is 0 Å². The highest BCUT2D eigenvalue weighted by atomic mass is 79.9. The number of hydrogen-bond acceptors (Lipinski definition) is 7. The van der Waals surface area contributed by atoms with Crippen LogP contribution in [0.25, 0.3) is 0 Å². The smallest absolute Gasteiger partial charge is 0.407 e. The lowest BCUT2D eigenvalue weighted by atomic mass is 9.86. The number of aliphatic hydroxyl groups is 1. The minimum atomic E-state index is -2.01. The van der Waals surface area contributed by atoms with Gasteiger partial charge in [-0.15, -0.1) is 0 Å². The van der Waals surface area contributed by atoms with E-state index in [9.17, 15) is 24.7 Å². The lowest BCUT2D eigenvalue weighted by molar-refractivity contribution is -0.197. The molecule has 0 fully saturated rings. The van der Waals surface area contributed by atoms with Crippen molar-refractivity contribution < 1.29 is 29.4 Å². The molecule has 246 valence electrons. The standard InChI is InChI=1S/C35H43BrN4O6/c1-34(2,3)30(37-33(43)46-4)31(41)38-39(23-25-14-17-27(36)18-15-25)21-20-35(44,22-24-10-6-5-7-11-24)32(42)40(45)29-19-16-26-12-8-9-13-28(26)29/h5-15,17-18,29-30,44-45H,16,19-23H2,1-4H3,(H,37,43)(H,38,41)/t29?,30-,35?/m1/s1. The molecule has 0 bridgehead atoms. The SMILES string of the molecule is COC(=O)N[C@H](C(=O)NN(CCC(O)(Cc1ccccc1)C(=O)N(O)C1CCc2ccccc21)Cc1ccc(Br)cc1)C(C)(C)C. The molecule has 1 aliphatic rings. The number of aryl methyl sites for hydroxylation is 1. The molecule has 4 N–H and O–H groups in total. The number of benzene rings is 3. The fourth-order valence-electron chi connectivity index (χ4n) is 5.73. The van der Waals surface area contributed by atoms with Crippen molar-refractivity contribution in [3.63, 3.8) is 0 Å². The lowest BCUT2D eigenvalue weighted by Gasteiger charge is -2.36. The zero-order valence-electron chi connectivity index (χ0n) is 26.7. The number of alkyl carbamates (subject to hydrolysis) is 1. The van der Waals surface area contributed by atoms with Crippen molar-refractivity contribution in [3.8, 4) is 0 Å². The number of ether oxygens (including phenoxy) is 1. The fraction of sp³-hybridized carbons (Fsp3) is 0.400. The molecule has 0 saturated carbocycles. The first-order valence-electron chi connectivity index (χ1n) is 15.3. The zero-order chi connectivity index (χ0) is 33.5. The summed E-state index contributed by atoms with van der Waals surface area (Å²) in [7, 11) is 1.23. The van der Waals surface area contributed by atoms with Gasteiger partial charge in [0.1, 0.15) is 6.04 Å². The van der Waals surface area contributed by atoms with Crippen molar-refractivity contribution in [2.24, 2.45) is 5.41 Å². The van der Waals surface area contributed by atoms with Crippen LogP contribution in [0.1, 0.15) is 61.9 Å². The van der Waals surface area contributed by atoms with Gasteiger partial charge in [0.25, 0.3) is 11.8 Å². The van der Waals surface area contributed by atoms with E-state index in [1.54, 1.807) is 5.01 Å². The number of nitrogens with one attached hydrogen (secondary N) is 2. The highest BCUT2D eigenvalue weighted by molar-refractivity contribution is 9.10. The number of hydroxylamine groups is 2. The van der Waals surface area contributed by atoms with Crippen molar-refractivity contribution in [2.75, 3.05) is 13.7 Å². The number of hydrazine groups is 1. The molecule has 0 saturated heterocycles. The number of amides is 3. The Bertz CT molecular complexity index is 1500. The molecule has 11 heteroatoms. The summed E-state index contributed by atoms with van der Waals surface area (Å²) in [5.41, 5.74) is 3.72. The van der Waals surface area contributed by atoms with Gasteiger partial charge in [-0.05, 0) is 52.6 Å². The Morgan fingerprint density at radius 3 is 2.28 bits per heavy atom. The summed E-state index contributed by atoms with van der Waals surface area (Å²) >= 11 is 3.44. The summed E-state index contributed by atoms with van der Waals surface area (Å²) in [6.45, 7) is 5.74. The van der Waals surface area contributed by atoms with E-state index in [2.05, 4.69) is 26.7 Å². The molecule has 3 aromatic rings. The number of methoxy groups -OCH3 is 1. The average Bonchev–Trinajstić information content (AvgIpc) is 3.47. The Balaban J connectivity index is 1.61. The van der Waals surface area contributed by atoms with Crippen LogP contribution >= 0.6 is 15.9 Å². The maximum absolute atomic E-state index is 14.0. The third-order valence-corrected chi connectivity index (χ3v) is 8.80. The molecule has 3 amide bonds. The van der Waals surface area contributed by atoms with Crippen LogP contribution in [0.5, 0.6) is 0 Å².